The van der Waals surface area contributed by atoms with Crippen molar-refractivity contribution in [2.24, 2.45) is 0 Å². The smallest absolute Gasteiger partial charge is 0.0427 e. The Balaban J connectivity index is 2.36. The summed E-state index contributed by atoms with van der Waals surface area (Å²) < 4.78 is 0. The Bertz CT molecular complexity index is 574. The Morgan fingerprint density at radius 2 is 1.80 bits per heavy atom. The van der Waals surface area contributed by atoms with Crippen LogP contribution in [-0.2, 0) is 0 Å². The van der Waals surface area contributed by atoms with E-state index >= 15 is 0 Å². The molecule has 0 fully saturated rings. The van der Waals surface area contributed by atoms with E-state index < -0.39 is 0 Å². The monoisotopic (exact) mass is 209 g/mol. The molecule has 71 valence electrons. The molecule has 1 heteroatoms. The third kappa shape index (κ3) is 1.45. The van der Waals surface area contributed by atoms with Crippen LogP contribution in [0.3, 0.4) is 0 Å². The second-order valence-electron chi connectivity index (χ2n) is 3.42. The van der Waals surface area contributed by atoms with E-state index in [1.54, 1.807) is 11.3 Å². The van der Waals surface area contributed by atoms with Gasteiger partial charge in [-0.2, -0.15) is 0 Å². The Hall–Kier alpha value is -1.60. The number of hydrogen-bond donors (Lipinski definition) is 0. The van der Waals surface area contributed by atoms with Crippen molar-refractivity contribution in [3.05, 3.63) is 60.0 Å². The summed E-state index contributed by atoms with van der Waals surface area (Å²) in [5, 5.41) is 4.66. The van der Waals surface area contributed by atoms with Gasteiger partial charge < -0.3 is 0 Å². The minimum Gasteiger partial charge on any atom is -0.143 e. The van der Waals surface area contributed by atoms with E-state index in [4.69, 9.17) is 0 Å². The van der Waals surface area contributed by atoms with Crippen LogP contribution in [0.25, 0.3) is 21.2 Å². The minimum atomic E-state index is 1.21. The topological polar surface area (TPSA) is 0 Å². The van der Waals surface area contributed by atoms with E-state index in [0.29, 0.717) is 0 Å². The number of benzene rings is 2. The normalized spacial score (nSPS) is 10.7. The lowest BCUT2D eigenvalue weighted by molar-refractivity contribution is 1.73. The molecule has 3 aromatic rings. The van der Waals surface area contributed by atoms with Gasteiger partial charge in [0.25, 0.3) is 0 Å². The summed E-state index contributed by atoms with van der Waals surface area (Å²) in [6.07, 6.45) is 0. The molecule has 0 N–H and O–H groups in total. The van der Waals surface area contributed by atoms with Gasteiger partial charge in [-0.15, -0.1) is 11.3 Å². The second-order valence-corrected chi connectivity index (χ2v) is 4.34. The van der Waals surface area contributed by atoms with Crippen LogP contribution in [0.15, 0.2) is 53.9 Å². The highest BCUT2D eigenvalue weighted by molar-refractivity contribution is 7.13. The summed E-state index contributed by atoms with van der Waals surface area (Å²) in [7, 11) is 0. The highest BCUT2D eigenvalue weighted by atomic mass is 32.1. The molecule has 0 aliphatic heterocycles. The van der Waals surface area contributed by atoms with Crippen LogP contribution in [0.4, 0.5) is 0 Å². The molecule has 0 aliphatic carbocycles. The first-order chi connectivity index (χ1) is 7.45. The Labute approximate surface area is 92.8 Å². The number of thiophene rings is 1. The first kappa shape index (κ1) is 8.69. The first-order valence-electron chi connectivity index (χ1n) is 4.88. The number of rotatable bonds is 1. The predicted molar refractivity (Wildman–Crippen MR) is 66.1 cm³/mol. The van der Waals surface area contributed by atoms with Gasteiger partial charge >= 0.3 is 0 Å². The van der Waals surface area contributed by atoms with Crippen molar-refractivity contribution in [3.8, 4) is 10.4 Å². The van der Waals surface area contributed by atoms with Crippen LogP contribution < -0.4 is 0 Å². The van der Waals surface area contributed by atoms with E-state index in [0.717, 1.165) is 0 Å². The largest absolute Gasteiger partial charge is 0.143 e. The molecule has 0 unspecified atom stereocenters. The molecule has 0 saturated carbocycles. The molecule has 0 nitrogen and oxygen atoms in total. The van der Waals surface area contributed by atoms with E-state index in [1.165, 1.54) is 21.2 Å². The predicted octanol–water partition coefficient (Wildman–Crippen LogP) is 4.37. The first-order valence-corrected chi connectivity index (χ1v) is 5.76. The van der Waals surface area contributed by atoms with Gasteiger partial charge in [-0.25, -0.2) is 0 Å². The average molecular weight is 209 g/mol. The van der Waals surface area contributed by atoms with Gasteiger partial charge in [-0.05, 0) is 22.2 Å². The minimum absolute atomic E-state index is 1.21. The Kier molecular flexibility index (Phi) is 2.04. The summed E-state index contributed by atoms with van der Waals surface area (Å²) in [6.45, 7) is 0. The molecule has 15 heavy (non-hydrogen) atoms. The average Bonchev–Trinajstić information content (AvgIpc) is 2.82. The lowest BCUT2D eigenvalue weighted by atomic mass is 10.0. The van der Waals surface area contributed by atoms with Crippen LogP contribution in [0.5, 0.6) is 0 Å². The van der Waals surface area contributed by atoms with Gasteiger partial charge in [0.1, 0.15) is 0 Å². The van der Waals surface area contributed by atoms with Crippen LogP contribution in [0.2, 0.25) is 0 Å². The van der Waals surface area contributed by atoms with Crippen molar-refractivity contribution in [3.63, 3.8) is 0 Å². The molecule has 0 atom stereocenters. The van der Waals surface area contributed by atoms with E-state index in [1.807, 2.05) is 6.07 Å². The van der Waals surface area contributed by atoms with Gasteiger partial charge in [0.2, 0.25) is 0 Å². The lowest BCUT2D eigenvalue weighted by Crippen LogP contribution is -1.76. The fraction of sp³-hybridized carbons (Fsp3) is 0. The van der Waals surface area contributed by atoms with E-state index in [9.17, 15) is 0 Å². The fourth-order valence-electron chi connectivity index (χ4n) is 1.81. The molecule has 0 spiro atoms. The quantitative estimate of drug-likeness (QED) is 0.558. The standard InChI is InChI=1S/C14H9S/c1-2-7-12-11(5-1)6-3-8-13(12)14-9-4-10-15-14/h1-8,10H. The molecule has 0 saturated heterocycles. The van der Waals surface area contributed by atoms with Gasteiger partial charge in [-0.3, -0.25) is 0 Å². The zero-order valence-corrected chi connectivity index (χ0v) is 8.92. The number of hydrogen-bond acceptors (Lipinski definition) is 1. The second kappa shape index (κ2) is 3.52. The van der Waals surface area contributed by atoms with Crippen molar-refractivity contribution in [2.45, 2.75) is 0 Å². The molecule has 1 radical (unpaired) electrons. The summed E-state index contributed by atoms with van der Waals surface area (Å²) in [4.78, 5) is 1.21. The molecular weight excluding hydrogens is 200 g/mol. The Morgan fingerprint density at radius 1 is 0.933 bits per heavy atom. The summed E-state index contributed by atoms with van der Waals surface area (Å²) >= 11 is 1.74. The van der Waals surface area contributed by atoms with Gasteiger partial charge in [-0.1, -0.05) is 42.5 Å². The molecule has 1 aromatic heterocycles. The van der Waals surface area contributed by atoms with Gasteiger partial charge in [0, 0.05) is 16.5 Å². The van der Waals surface area contributed by atoms with E-state index in [-0.39, 0.29) is 0 Å². The lowest BCUT2D eigenvalue weighted by Gasteiger charge is -2.03. The third-order valence-electron chi connectivity index (χ3n) is 2.50. The molecule has 2 aromatic carbocycles. The summed E-state index contributed by atoms with van der Waals surface area (Å²) in [5.41, 5.74) is 1.28. The third-order valence-corrected chi connectivity index (χ3v) is 3.35. The highest BCUT2D eigenvalue weighted by Crippen LogP contribution is 2.30. The molecule has 3 rings (SSSR count). The zero-order chi connectivity index (χ0) is 10.1. The van der Waals surface area contributed by atoms with E-state index in [2.05, 4.69) is 53.9 Å². The maximum Gasteiger partial charge on any atom is 0.0427 e. The number of fused-ring (bicyclic) bond motifs is 1. The highest BCUT2D eigenvalue weighted by Gasteiger charge is 2.03. The SMILES string of the molecule is [c]1ccsc1-c1cccc2ccccc12. The molecular formula is C14H9S. The van der Waals surface area contributed by atoms with Crippen molar-refractivity contribution in [1.29, 1.82) is 0 Å². The summed E-state index contributed by atoms with van der Waals surface area (Å²) in [5.74, 6) is 0. The zero-order valence-electron chi connectivity index (χ0n) is 8.10. The van der Waals surface area contributed by atoms with Gasteiger partial charge in [0.15, 0.2) is 0 Å². The van der Waals surface area contributed by atoms with Crippen LogP contribution in [0, 0.1) is 6.07 Å². The molecule has 0 aliphatic rings. The van der Waals surface area contributed by atoms with Gasteiger partial charge in [0.05, 0.1) is 0 Å². The fourth-order valence-corrected chi connectivity index (χ4v) is 2.52. The maximum atomic E-state index is 3.26. The van der Waals surface area contributed by atoms with Crippen LogP contribution in [-0.4, -0.2) is 0 Å². The molecule has 0 amide bonds. The van der Waals surface area contributed by atoms with Crippen molar-refractivity contribution in [2.75, 3.05) is 0 Å². The van der Waals surface area contributed by atoms with Crippen LogP contribution in [0.1, 0.15) is 0 Å². The van der Waals surface area contributed by atoms with Crippen molar-refractivity contribution < 1.29 is 0 Å². The maximum absolute atomic E-state index is 3.26. The molecule has 1 heterocycles. The van der Waals surface area contributed by atoms with Crippen molar-refractivity contribution in [1.82, 2.24) is 0 Å². The summed E-state index contributed by atoms with van der Waals surface area (Å²) in [6, 6.07) is 20.1. The van der Waals surface area contributed by atoms with Crippen molar-refractivity contribution >= 4 is 22.1 Å². The van der Waals surface area contributed by atoms with Crippen LogP contribution >= 0.6 is 11.3 Å². The molecule has 0 bridgehead atoms. The Morgan fingerprint density at radius 3 is 2.67 bits per heavy atom.